The minimum Gasteiger partial charge on any atom is -0.463 e. The van der Waals surface area contributed by atoms with Gasteiger partial charge in [-0.1, -0.05) is 5.11 Å². The van der Waals surface area contributed by atoms with Crippen LogP contribution in [0.4, 0.5) is 0 Å². The van der Waals surface area contributed by atoms with Crippen molar-refractivity contribution in [3.8, 4) is 0 Å². The van der Waals surface area contributed by atoms with Crippen LogP contribution in [0.2, 0.25) is 0 Å². The predicted molar refractivity (Wildman–Crippen MR) is 80.4 cm³/mol. The van der Waals surface area contributed by atoms with E-state index in [1.807, 2.05) is 4.98 Å². The van der Waals surface area contributed by atoms with Crippen molar-refractivity contribution in [2.75, 3.05) is 6.61 Å². The second kappa shape index (κ2) is 7.64. The predicted octanol–water partition coefficient (Wildman–Crippen LogP) is -0.392. The van der Waals surface area contributed by atoms with Gasteiger partial charge in [-0.2, -0.15) is 0 Å². The first-order valence-corrected chi connectivity index (χ1v) is 7.15. The second-order valence-electron chi connectivity index (χ2n) is 5.15. The Morgan fingerprint density at radius 2 is 2.12 bits per heavy atom. The van der Waals surface area contributed by atoms with Crippen molar-refractivity contribution in [2.24, 2.45) is 5.11 Å². The molecule has 0 amide bonds. The highest BCUT2D eigenvalue weighted by Gasteiger charge is 2.48. The highest BCUT2D eigenvalue weighted by Crippen LogP contribution is 2.33. The number of esters is 2. The first-order chi connectivity index (χ1) is 11.8. The van der Waals surface area contributed by atoms with Crippen molar-refractivity contribution in [3.63, 3.8) is 0 Å². The fourth-order valence-electron chi connectivity index (χ4n) is 2.43. The topological polar surface area (TPSA) is 165 Å². The lowest BCUT2D eigenvalue weighted by molar-refractivity contribution is -0.155. The van der Waals surface area contributed by atoms with E-state index in [1.165, 1.54) is 6.92 Å². The molecule has 1 N–H and O–H groups in total. The third kappa shape index (κ3) is 4.25. The van der Waals surface area contributed by atoms with Crippen molar-refractivity contribution in [2.45, 2.75) is 38.3 Å². The van der Waals surface area contributed by atoms with Crippen molar-refractivity contribution in [1.29, 1.82) is 0 Å². The van der Waals surface area contributed by atoms with E-state index in [0.29, 0.717) is 0 Å². The number of nitrogens with one attached hydrogen (secondary N) is 1. The molecule has 1 aliphatic rings. The maximum Gasteiger partial charge on any atom is 0.330 e. The lowest BCUT2D eigenvalue weighted by atomic mass is 10.1. The number of aromatic nitrogens is 2. The van der Waals surface area contributed by atoms with Gasteiger partial charge in [-0.3, -0.25) is 23.9 Å². The highest BCUT2D eigenvalue weighted by molar-refractivity contribution is 5.66. The van der Waals surface area contributed by atoms with E-state index in [4.69, 9.17) is 19.7 Å². The molecular formula is C13H15N5O7. The van der Waals surface area contributed by atoms with Crippen LogP contribution in [0.15, 0.2) is 27.0 Å². The molecule has 0 radical (unpaired) electrons. The minimum absolute atomic E-state index is 0.278. The van der Waals surface area contributed by atoms with Crippen LogP contribution in [0, 0.1) is 0 Å². The molecule has 0 unspecified atom stereocenters. The van der Waals surface area contributed by atoms with E-state index in [0.717, 1.165) is 23.8 Å². The monoisotopic (exact) mass is 353 g/mol. The number of aromatic amines is 1. The maximum absolute atomic E-state index is 12.0. The van der Waals surface area contributed by atoms with Gasteiger partial charge in [0.05, 0.1) is 0 Å². The van der Waals surface area contributed by atoms with Gasteiger partial charge in [0, 0.05) is 31.0 Å². The Balaban J connectivity index is 2.42. The van der Waals surface area contributed by atoms with Crippen LogP contribution in [0.25, 0.3) is 10.4 Å². The summed E-state index contributed by atoms with van der Waals surface area (Å²) in [6.45, 7) is 2.06. The Labute approximate surface area is 139 Å². The summed E-state index contributed by atoms with van der Waals surface area (Å²) in [5, 5.41) is 3.54. The van der Waals surface area contributed by atoms with Gasteiger partial charge in [0.15, 0.2) is 6.23 Å². The van der Waals surface area contributed by atoms with E-state index in [1.54, 1.807) is 0 Å². The smallest absolute Gasteiger partial charge is 0.330 e. The summed E-state index contributed by atoms with van der Waals surface area (Å²) < 4.78 is 16.6. The van der Waals surface area contributed by atoms with Gasteiger partial charge in [0.1, 0.15) is 24.9 Å². The summed E-state index contributed by atoms with van der Waals surface area (Å²) in [6.07, 6.45) is -2.06. The standard InChI is InChI=1S/C13H15N5O7/c1-6(19)23-5-8-11(24-7(2)20)10(16-17-14)12(25-8)18-4-3-9(21)15-13(18)22/h3-4,8,10-12H,5H2,1-2H3,(H,15,21,22)/t8-,10-,11-,12-/m1/s1. The first kappa shape index (κ1) is 18.2. The third-order valence-electron chi connectivity index (χ3n) is 3.37. The number of carbonyl (C=O) groups excluding carboxylic acids is 2. The quantitative estimate of drug-likeness (QED) is 0.325. The number of ether oxygens (including phenoxy) is 3. The summed E-state index contributed by atoms with van der Waals surface area (Å²) in [5.41, 5.74) is 7.37. The molecule has 1 aromatic heterocycles. The van der Waals surface area contributed by atoms with Crippen LogP contribution in [0.5, 0.6) is 0 Å². The van der Waals surface area contributed by atoms with Gasteiger partial charge >= 0.3 is 17.6 Å². The molecule has 12 nitrogen and oxygen atoms in total. The SMILES string of the molecule is CC(=O)OC[C@H]1O[C@@H](n2ccc(=O)[nH]c2=O)[C@H](N=[N+]=[N-])[C@@H]1OC(C)=O. The van der Waals surface area contributed by atoms with E-state index in [2.05, 4.69) is 10.0 Å². The molecule has 0 spiro atoms. The zero-order chi connectivity index (χ0) is 18.6. The highest BCUT2D eigenvalue weighted by atomic mass is 16.6. The molecule has 4 atom stereocenters. The molecule has 0 aromatic carbocycles. The molecule has 1 aromatic rings. The molecule has 2 rings (SSSR count). The van der Waals surface area contributed by atoms with Crippen molar-refractivity contribution < 1.29 is 23.8 Å². The number of H-pyrrole nitrogens is 1. The Morgan fingerprint density at radius 1 is 1.40 bits per heavy atom. The summed E-state index contributed by atoms with van der Waals surface area (Å²) in [7, 11) is 0. The van der Waals surface area contributed by atoms with Gasteiger partial charge in [-0.05, 0) is 5.53 Å². The maximum atomic E-state index is 12.0. The fourth-order valence-corrected chi connectivity index (χ4v) is 2.43. The molecule has 0 bridgehead atoms. The summed E-state index contributed by atoms with van der Waals surface area (Å²) >= 11 is 0. The van der Waals surface area contributed by atoms with Crippen LogP contribution in [0.1, 0.15) is 20.1 Å². The average Bonchev–Trinajstić information content (AvgIpc) is 2.83. The number of hydrogen-bond acceptors (Lipinski definition) is 8. The van der Waals surface area contributed by atoms with E-state index < -0.39 is 47.7 Å². The number of azide groups is 1. The summed E-state index contributed by atoms with van der Waals surface area (Å²) in [6, 6.07) is -0.0314. The molecule has 1 saturated heterocycles. The van der Waals surface area contributed by atoms with Crippen LogP contribution in [-0.4, -0.2) is 46.3 Å². The molecule has 12 heteroatoms. The molecule has 0 saturated carbocycles. The Hall–Kier alpha value is -3.11. The summed E-state index contributed by atoms with van der Waals surface area (Å²) in [5.74, 6) is -1.26. The Kier molecular flexibility index (Phi) is 5.57. The Bertz CT molecular complexity index is 825. The zero-order valence-electron chi connectivity index (χ0n) is 13.3. The van der Waals surface area contributed by atoms with Crippen LogP contribution in [0.3, 0.4) is 0 Å². The lowest BCUT2D eigenvalue weighted by Crippen LogP contribution is -2.39. The van der Waals surface area contributed by atoms with Crippen molar-refractivity contribution in [3.05, 3.63) is 43.5 Å². The second-order valence-corrected chi connectivity index (χ2v) is 5.15. The van der Waals surface area contributed by atoms with Crippen LogP contribution >= 0.6 is 0 Å². The normalized spacial score (nSPS) is 25.0. The van der Waals surface area contributed by atoms with Crippen LogP contribution < -0.4 is 11.2 Å². The number of rotatable bonds is 5. The van der Waals surface area contributed by atoms with Crippen molar-refractivity contribution >= 4 is 11.9 Å². The molecule has 2 heterocycles. The molecule has 134 valence electrons. The number of hydrogen-bond donors (Lipinski definition) is 1. The van der Waals surface area contributed by atoms with Crippen LogP contribution in [-0.2, 0) is 23.8 Å². The van der Waals surface area contributed by atoms with E-state index >= 15 is 0 Å². The zero-order valence-corrected chi connectivity index (χ0v) is 13.3. The van der Waals surface area contributed by atoms with Crippen molar-refractivity contribution in [1.82, 2.24) is 9.55 Å². The third-order valence-corrected chi connectivity index (χ3v) is 3.37. The number of carbonyl (C=O) groups is 2. The molecule has 1 aliphatic heterocycles. The van der Waals surface area contributed by atoms with Gasteiger partial charge in [-0.25, -0.2) is 4.79 Å². The fraction of sp³-hybridized carbons (Fsp3) is 0.538. The average molecular weight is 353 g/mol. The van der Waals surface area contributed by atoms with Gasteiger partial charge in [0.25, 0.3) is 5.56 Å². The lowest BCUT2D eigenvalue weighted by Gasteiger charge is -2.20. The summed E-state index contributed by atoms with van der Waals surface area (Å²) in [4.78, 5) is 50.3. The largest absolute Gasteiger partial charge is 0.463 e. The molecule has 25 heavy (non-hydrogen) atoms. The van der Waals surface area contributed by atoms with E-state index in [-0.39, 0.29) is 6.61 Å². The molecule has 0 aliphatic carbocycles. The molecule has 1 fully saturated rings. The molecular weight excluding hydrogens is 338 g/mol. The van der Waals surface area contributed by atoms with Gasteiger partial charge < -0.3 is 14.2 Å². The number of nitrogens with zero attached hydrogens (tertiary/aromatic N) is 4. The minimum atomic E-state index is -1.16. The van der Waals surface area contributed by atoms with E-state index in [9.17, 15) is 19.2 Å². The van der Waals surface area contributed by atoms with Gasteiger partial charge in [-0.15, -0.1) is 0 Å². The Morgan fingerprint density at radius 3 is 2.68 bits per heavy atom. The van der Waals surface area contributed by atoms with Gasteiger partial charge in [0.2, 0.25) is 0 Å². The first-order valence-electron chi connectivity index (χ1n) is 7.15.